The normalized spacial score (nSPS) is 19.2. The number of rotatable bonds is 4. The number of hydrogen-bond donors (Lipinski definition) is 1. The summed E-state index contributed by atoms with van der Waals surface area (Å²) in [5.74, 6) is -1.94. The Labute approximate surface area is 166 Å². The first-order valence-electron chi connectivity index (χ1n) is 9.04. The molecule has 10 heteroatoms. The Morgan fingerprint density at radius 3 is 2.55 bits per heavy atom. The van der Waals surface area contributed by atoms with E-state index in [1.807, 2.05) is 0 Å². The first kappa shape index (κ1) is 19.6. The first-order valence-corrected chi connectivity index (χ1v) is 10.5. The summed E-state index contributed by atoms with van der Waals surface area (Å²) >= 11 is 0. The quantitative estimate of drug-likeness (QED) is 0.815. The predicted molar refractivity (Wildman–Crippen MR) is 99.3 cm³/mol. The van der Waals surface area contributed by atoms with Gasteiger partial charge in [0.25, 0.3) is 0 Å². The number of amides is 1. The van der Waals surface area contributed by atoms with Crippen LogP contribution in [-0.4, -0.2) is 44.4 Å². The third-order valence-corrected chi connectivity index (χ3v) is 6.72. The highest BCUT2D eigenvalue weighted by atomic mass is 32.2. The zero-order valence-corrected chi connectivity index (χ0v) is 16.0. The van der Waals surface area contributed by atoms with Crippen molar-refractivity contribution in [3.8, 4) is 11.5 Å². The fourth-order valence-corrected chi connectivity index (χ4v) is 5.08. The van der Waals surface area contributed by atoms with E-state index < -0.39 is 33.6 Å². The Kier molecular flexibility index (Phi) is 5.13. The molecule has 154 valence electrons. The van der Waals surface area contributed by atoms with E-state index in [9.17, 15) is 22.0 Å². The number of fused-ring (bicyclic) bond motifs is 1. The van der Waals surface area contributed by atoms with Gasteiger partial charge in [0.1, 0.15) is 19.3 Å². The molecule has 1 atom stereocenters. The van der Waals surface area contributed by atoms with Crippen LogP contribution in [0.3, 0.4) is 0 Å². The van der Waals surface area contributed by atoms with Crippen molar-refractivity contribution in [2.24, 2.45) is 0 Å². The Balaban J connectivity index is 1.56. The molecule has 1 fully saturated rings. The SMILES string of the molecule is O=C(Nc1ccc(F)c(F)c1)C1CCCN1S(=O)(=O)c1ccc2c(c1)OCCO2. The average Bonchev–Trinajstić information content (AvgIpc) is 3.21. The maximum atomic E-state index is 13.4. The number of carbonyl (C=O) groups is 1. The molecule has 1 N–H and O–H groups in total. The molecule has 2 aliphatic heterocycles. The van der Waals surface area contributed by atoms with Crippen molar-refractivity contribution in [1.29, 1.82) is 0 Å². The van der Waals surface area contributed by atoms with Crippen molar-refractivity contribution >= 4 is 21.6 Å². The van der Waals surface area contributed by atoms with Crippen LogP contribution in [0.25, 0.3) is 0 Å². The van der Waals surface area contributed by atoms with Crippen LogP contribution in [0.4, 0.5) is 14.5 Å². The molecule has 7 nitrogen and oxygen atoms in total. The maximum absolute atomic E-state index is 13.4. The summed E-state index contributed by atoms with van der Waals surface area (Å²) in [7, 11) is -3.97. The number of hydrogen-bond acceptors (Lipinski definition) is 5. The predicted octanol–water partition coefficient (Wildman–Crippen LogP) is 2.53. The summed E-state index contributed by atoms with van der Waals surface area (Å²) < 4.78 is 64.7. The lowest BCUT2D eigenvalue weighted by Gasteiger charge is -2.24. The molecule has 1 saturated heterocycles. The van der Waals surface area contributed by atoms with E-state index >= 15 is 0 Å². The van der Waals surface area contributed by atoms with Gasteiger partial charge in [0.15, 0.2) is 23.1 Å². The molecule has 0 bridgehead atoms. The van der Waals surface area contributed by atoms with Gasteiger partial charge in [0.05, 0.1) is 4.90 Å². The fraction of sp³-hybridized carbons (Fsp3) is 0.316. The number of nitrogens with zero attached hydrogens (tertiary/aromatic N) is 1. The van der Waals surface area contributed by atoms with Gasteiger partial charge in [0, 0.05) is 24.4 Å². The zero-order chi connectivity index (χ0) is 20.6. The van der Waals surface area contributed by atoms with Gasteiger partial charge in [-0.1, -0.05) is 0 Å². The molecule has 0 saturated carbocycles. The smallest absolute Gasteiger partial charge is 0.243 e. The lowest BCUT2D eigenvalue weighted by molar-refractivity contribution is -0.119. The van der Waals surface area contributed by atoms with Crippen LogP contribution in [0, 0.1) is 11.6 Å². The second kappa shape index (κ2) is 7.60. The fourth-order valence-electron chi connectivity index (χ4n) is 3.41. The lowest BCUT2D eigenvalue weighted by atomic mass is 10.2. The van der Waals surface area contributed by atoms with E-state index in [2.05, 4.69) is 5.32 Å². The van der Waals surface area contributed by atoms with Crippen molar-refractivity contribution in [1.82, 2.24) is 4.31 Å². The van der Waals surface area contributed by atoms with E-state index in [0.717, 1.165) is 16.4 Å². The molecule has 2 aromatic rings. The summed E-state index contributed by atoms with van der Waals surface area (Å²) in [6.45, 7) is 0.879. The summed E-state index contributed by atoms with van der Waals surface area (Å²) in [6, 6.07) is 6.31. The van der Waals surface area contributed by atoms with Crippen LogP contribution >= 0.6 is 0 Å². The van der Waals surface area contributed by atoms with Crippen molar-refractivity contribution in [2.45, 2.75) is 23.8 Å². The van der Waals surface area contributed by atoms with Crippen molar-refractivity contribution < 1.29 is 31.5 Å². The summed E-state index contributed by atoms with van der Waals surface area (Å²) in [5.41, 5.74) is 0.0532. The Hall–Kier alpha value is -2.72. The molecular weight excluding hydrogens is 406 g/mol. The average molecular weight is 424 g/mol. The number of nitrogens with one attached hydrogen (secondary N) is 1. The minimum absolute atomic E-state index is 0.00530. The number of halogens is 2. The van der Waals surface area contributed by atoms with Crippen molar-refractivity contribution in [3.05, 3.63) is 48.0 Å². The van der Waals surface area contributed by atoms with E-state index in [4.69, 9.17) is 9.47 Å². The minimum Gasteiger partial charge on any atom is -0.486 e. The molecular formula is C19H18F2N2O5S. The first-order chi connectivity index (χ1) is 13.9. The summed E-state index contributed by atoms with van der Waals surface area (Å²) in [6.07, 6.45) is 0.818. The molecule has 2 heterocycles. The van der Waals surface area contributed by atoms with E-state index in [-0.39, 0.29) is 17.1 Å². The monoisotopic (exact) mass is 424 g/mol. The van der Waals surface area contributed by atoms with E-state index in [1.165, 1.54) is 24.3 Å². The Morgan fingerprint density at radius 2 is 1.79 bits per heavy atom. The largest absolute Gasteiger partial charge is 0.486 e. The Morgan fingerprint density at radius 1 is 1.03 bits per heavy atom. The number of carbonyl (C=O) groups excluding carboxylic acids is 1. The van der Waals surface area contributed by atoms with Crippen LogP contribution in [0.2, 0.25) is 0 Å². The summed E-state index contributed by atoms with van der Waals surface area (Å²) in [4.78, 5) is 12.6. The number of benzene rings is 2. The van der Waals surface area contributed by atoms with Gasteiger partial charge in [-0.25, -0.2) is 17.2 Å². The minimum atomic E-state index is -3.97. The summed E-state index contributed by atoms with van der Waals surface area (Å²) in [5, 5.41) is 2.46. The van der Waals surface area contributed by atoms with E-state index in [1.54, 1.807) is 0 Å². The topological polar surface area (TPSA) is 84.9 Å². The molecule has 2 aliphatic rings. The highest BCUT2D eigenvalue weighted by Gasteiger charge is 2.40. The van der Waals surface area contributed by atoms with Crippen molar-refractivity contribution in [3.63, 3.8) is 0 Å². The van der Waals surface area contributed by atoms with Gasteiger partial charge >= 0.3 is 0 Å². The molecule has 0 aromatic heterocycles. The molecule has 0 aliphatic carbocycles. The number of anilines is 1. The molecule has 1 unspecified atom stereocenters. The van der Waals surface area contributed by atoms with Crippen LogP contribution in [0.1, 0.15) is 12.8 Å². The highest BCUT2D eigenvalue weighted by Crippen LogP contribution is 2.35. The molecule has 4 rings (SSSR count). The van der Waals surface area contributed by atoms with Crippen LogP contribution in [-0.2, 0) is 14.8 Å². The highest BCUT2D eigenvalue weighted by molar-refractivity contribution is 7.89. The van der Waals surface area contributed by atoms with Gasteiger partial charge in [0.2, 0.25) is 15.9 Å². The Bertz CT molecular complexity index is 1060. The second-order valence-electron chi connectivity index (χ2n) is 6.70. The number of sulfonamides is 1. The zero-order valence-electron chi connectivity index (χ0n) is 15.2. The van der Waals surface area contributed by atoms with Gasteiger partial charge < -0.3 is 14.8 Å². The molecule has 2 aromatic carbocycles. The second-order valence-corrected chi connectivity index (χ2v) is 8.59. The molecule has 1 amide bonds. The van der Waals surface area contributed by atoms with Gasteiger partial charge in [-0.2, -0.15) is 4.31 Å². The van der Waals surface area contributed by atoms with Crippen LogP contribution in [0.5, 0.6) is 11.5 Å². The molecule has 29 heavy (non-hydrogen) atoms. The van der Waals surface area contributed by atoms with Gasteiger partial charge in [-0.3, -0.25) is 4.79 Å². The van der Waals surface area contributed by atoms with Gasteiger partial charge in [-0.05, 0) is 37.1 Å². The molecule has 0 radical (unpaired) electrons. The molecule has 0 spiro atoms. The third kappa shape index (κ3) is 3.77. The van der Waals surface area contributed by atoms with E-state index in [0.29, 0.717) is 37.6 Å². The standard InChI is InChI=1S/C19H18F2N2O5S/c20-14-5-3-12(10-15(14)21)22-19(24)16-2-1-7-23(16)29(25,26)13-4-6-17-18(11-13)28-9-8-27-17/h3-6,10-11,16H,1-2,7-9H2,(H,22,24). The third-order valence-electron chi connectivity index (χ3n) is 4.81. The van der Waals surface area contributed by atoms with Gasteiger partial charge in [-0.15, -0.1) is 0 Å². The van der Waals surface area contributed by atoms with Crippen LogP contribution < -0.4 is 14.8 Å². The van der Waals surface area contributed by atoms with Crippen molar-refractivity contribution in [2.75, 3.05) is 25.1 Å². The number of ether oxygens (including phenoxy) is 2. The van der Waals surface area contributed by atoms with Crippen LogP contribution in [0.15, 0.2) is 41.3 Å². The lowest BCUT2D eigenvalue weighted by Crippen LogP contribution is -2.43. The maximum Gasteiger partial charge on any atom is 0.243 e.